The lowest BCUT2D eigenvalue weighted by Crippen LogP contribution is -2.27. The highest BCUT2D eigenvalue weighted by Crippen LogP contribution is 2.27. The highest BCUT2D eigenvalue weighted by molar-refractivity contribution is 6.20. The van der Waals surface area contributed by atoms with Crippen molar-refractivity contribution >= 4 is 22.6 Å². The van der Waals surface area contributed by atoms with Crippen LogP contribution < -0.4 is 5.01 Å². The Balaban J connectivity index is 2.87. The number of benzene rings is 1. The Morgan fingerprint density at radius 3 is 2.53 bits per heavy atom. The SMILES string of the molecule is CC(Cl)c1nc2ccc(F)c(F)c2n1N(C)C. The van der Waals surface area contributed by atoms with Crippen LogP contribution >= 0.6 is 11.6 Å². The van der Waals surface area contributed by atoms with Crippen molar-refractivity contribution in [2.24, 2.45) is 0 Å². The lowest BCUT2D eigenvalue weighted by molar-refractivity contribution is 0.510. The average Bonchev–Trinajstić information content (AvgIpc) is 2.63. The quantitative estimate of drug-likeness (QED) is 0.774. The summed E-state index contributed by atoms with van der Waals surface area (Å²) in [6.07, 6.45) is 0. The summed E-state index contributed by atoms with van der Waals surface area (Å²) in [5, 5.41) is 1.22. The number of aromatic nitrogens is 2. The Labute approximate surface area is 103 Å². The van der Waals surface area contributed by atoms with Gasteiger partial charge in [-0.25, -0.2) is 18.4 Å². The molecule has 0 aliphatic heterocycles. The molecule has 3 nitrogen and oxygen atoms in total. The van der Waals surface area contributed by atoms with Gasteiger partial charge in [0.15, 0.2) is 11.6 Å². The number of hydrogen-bond donors (Lipinski definition) is 0. The van der Waals surface area contributed by atoms with Crippen LogP contribution in [-0.2, 0) is 0 Å². The summed E-state index contributed by atoms with van der Waals surface area (Å²) >= 11 is 5.99. The molecule has 2 rings (SSSR count). The maximum atomic E-state index is 13.8. The topological polar surface area (TPSA) is 21.1 Å². The lowest BCUT2D eigenvalue weighted by atomic mass is 10.3. The number of hydrogen-bond acceptors (Lipinski definition) is 2. The van der Waals surface area contributed by atoms with Gasteiger partial charge >= 0.3 is 0 Å². The second kappa shape index (κ2) is 4.14. The van der Waals surface area contributed by atoms with Crippen molar-refractivity contribution in [1.29, 1.82) is 0 Å². The summed E-state index contributed by atoms with van der Waals surface area (Å²) in [6.45, 7) is 1.73. The first-order chi connectivity index (χ1) is 7.93. The van der Waals surface area contributed by atoms with E-state index in [4.69, 9.17) is 11.6 Å². The van der Waals surface area contributed by atoms with E-state index in [0.717, 1.165) is 6.07 Å². The number of fused-ring (bicyclic) bond motifs is 1. The fourth-order valence-electron chi connectivity index (χ4n) is 1.77. The van der Waals surface area contributed by atoms with Crippen molar-refractivity contribution in [2.75, 3.05) is 19.1 Å². The number of rotatable bonds is 2. The molecule has 0 spiro atoms. The van der Waals surface area contributed by atoms with Crippen LogP contribution in [-0.4, -0.2) is 23.8 Å². The maximum absolute atomic E-state index is 13.8. The minimum absolute atomic E-state index is 0.109. The number of imidazole rings is 1. The summed E-state index contributed by atoms with van der Waals surface area (Å²) in [7, 11) is 3.43. The molecule has 1 unspecified atom stereocenters. The first-order valence-electron chi connectivity index (χ1n) is 5.11. The summed E-state index contributed by atoms with van der Waals surface area (Å²) in [5.41, 5.74) is 0.498. The molecule has 0 amide bonds. The molecule has 6 heteroatoms. The fourth-order valence-corrected chi connectivity index (χ4v) is 1.91. The summed E-state index contributed by atoms with van der Waals surface area (Å²) in [4.78, 5) is 4.22. The zero-order valence-corrected chi connectivity index (χ0v) is 10.5. The van der Waals surface area contributed by atoms with E-state index < -0.39 is 17.0 Å². The first kappa shape index (κ1) is 12.1. The molecule has 0 N–H and O–H groups in total. The molecule has 0 saturated heterocycles. The van der Waals surface area contributed by atoms with Crippen LogP contribution in [0.25, 0.3) is 11.0 Å². The van der Waals surface area contributed by atoms with Gasteiger partial charge in [0.1, 0.15) is 11.3 Å². The predicted molar refractivity (Wildman–Crippen MR) is 64.0 cm³/mol. The molecule has 0 saturated carbocycles. The molecule has 1 aromatic carbocycles. The van der Waals surface area contributed by atoms with Crippen molar-refractivity contribution < 1.29 is 8.78 Å². The highest BCUT2D eigenvalue weighted by Gasteiger charge is 2.20. The number of halogens is 3. The molecule has 2 aromatic rings. The van der Waals surface area contributed by atoms with Crippen LogP contribution in [0.4, 0.5) is 8.78 Å². The van der Waals surface area contributed by atoms with Crippen molar-refractivity contribution in [1.82, 2.24) is 9.66 Å². The van der Waals surface area contributed by atoms with E-state index >= 15 is 0 Å². The van der Waals surface area contributed by atoms with E-state index in [0.29, 0.717) is 11.3 Å². The summed E-state index contributed by atoms with van der Waals surface area (Å²) in [5.74, 6) is -1.32. The van der Waals surface area contributed by atoms with Gasteiger partial charge in [-0.05, 0) is 19.1 Å². The molecule has 0 bridgehead atoms. The van der Waals surface area contributed by atoms with E-state index in [1.54, 1.807) is 26.0 Å². The largest absolute Gasteiger partial charge is 0.317 e. The zero-order chi connectivity index (χ0) is 12.7. The molecule has 1 atom stereocenters. The molecule has 1 aromatic heterocycles. The molecule has 1 heterocycles. The number of nitrogens with zero attached hydrogens (tertiary/aromatic N) is 3. The molecule has 0 radical (unpaired) electrons. The molecule has 0 fully saturated rings. The van der Waals surface area contributed by atoms with Crippen LogP contribution in [0.15, 0.2) is 12.1 Å². The van der Waals surface area contributed by atoms with E-state index in [1.165, 1.54) is 10.7 Å². The third-order valence-corrected chi connectivity index (χ3v) is 2.66. The van der Waals surface area contributed by atoms with Crippen molar-refractivity contribution in [3.8, 4) is 0 Å². The third kappa shape index (κ3) is 1.84. The van der Waals surface area contributed by atoms with Gasteiger partial charge in [-0.3, -0.25) is 0 Å². The van der Waals surface area contributed by atoms with Gasteiger partial charge in [-0.15, -0.1) is 11.6 Å². The summed E-state index contributed by atoms with van der Waals surface area (Å²) in [6, 6.07) is 2.50. The van der Waals surface area contributed by atoms with Gasteiger partial charge in [-0.2, -0.15) is 0 Å². The standard InChI is InChI=1S/C11H12ClF2N3/c1-6(12)11-15-8-5-4-7(13)9(14)10(8)17(11)16(2)3/h4-6H,1-3H3. The van der Waals surface area contributed by atoms with Gasteiger partial charge in [0.2, 0.25) is 0 Å². The Kier molecular flexibility index (Phi) is 2.95. The molecule has 92 valence electrons. The fraction of sp³-hybridized carbons (Fsp3) is 0.364. The van der Waals surface area contributed by atoms with Crippen molar-refractivity contribution in [3.05, 3.63) is 29.6 Å². The monoisotopic (exact) mass is 259 g/mol. The van der Waals surface area contributed by atoms with Crippen molar-refractivity contribution in [3.63, 3.8) is 0 Å². The second-order valence-corrected chi connectivity index (χ2v) is 4.63. The molecular weight excluding hydrogens is 248 g/mol. The highest BCUT2D eigenvalue weighted by atomic mass is 35.5. The smallest absolute Gasteiger partial charge is 0.186 e. The van der Waals surface area contributed by atoms with E-state index in [-0.39, 0.29) is 5.52 Å². The molecular formula is C11H12ClF2N3. The van der Waals surface area contributed by atoms with Gasteiger partial charge in [0, 0.05) is 14.1 Å². The second-order valence-electron chi connectivity index (χ2n) is 3.97. The average molecular weight is 260 g/mol. The summed E-state index contributed by atoms with van der Waals surface area (Å²) < 4.78 is 28.5. The minimum Gasteiger partial charge on any atom is -0.317 e. The molecule has 0 aliphatic carbocycles. The van der Waals surface area contributed by atoms with Gasteiger partial charge in [0.05, 0.1) is 10.9 Å². The van der Waals surface area contributed by atoms with E-state index in [1.807, 2.05) is 0 Å². The maximum Gasteiger partial charge on any atom is 0.186 e. The molecule has 0 aliphatic rings. The lowest BCUT2D eigenvalue weighted by Gasteiger charge is -2.19. The predicted octanol–water partition coefficient (Wildman–Crippen LogP) is 2.81. The Hall–Kier alpha value is -1.36. The Morgan fingerprint density at radius 2 is 2.00 bits per heavy atom. The Morgan fingerprint density at radius 1 is 1.35 bits per heavy atom. The van der Waals surface area contributed by atoms with Crippen LogP contribution in [0.3, 0.4) is 0 Å². The number of alkyl halides is 1. The normalized spacial score (nSPS) is 13.1. The van der Waals surface area contributed by atoms with Gasteiger partial charge in [-0.1, -0.05) is 0 Å². The van der Waals surface area contributed by atoms with Crippen LogP contribution in [0, 0.1) is 11.6 Å². The van der Waals surface area contributed by atoms with E-state index in [9.17, 15) is 8.78 Å². The third-order valence-electron chi connectivity index (χ3n) is 2.47. The van der Waals surface area contributed by atoms with E-state index in [2.05, 4.69) is 4.98 Å². The molecule has 17 heavy (non-hydrogen) atoms. The minimum atomic E-state index is -0.910. The first-order valence-corrected chi connectivity index (χ1v) is 5.55. The van der Waals surface area contributed by atoms with Crippen LogP contribution in [0.2, 0.25) is 0 Å². The van der Waals surface area contributed by atoms with Crippen molar-refractivity contribution in [2.45, 2.75) is 12.3 Å². The van der Waals surface area contributed by atoms with Gasteiger partial charge < -0.3 is 5.01 Å². The Bertz CT molecular complexity index is 563. The van der Waals surface area contributed by atoms with Crippen LogP contribution in [0.1, 0.15) is 18.1 Å². The zero-order valence-electron chi connectivity index (χ0n) is 9.71. The van der Waals surface area contributed by atoms with Crippen LogP contribution in [0.5, 0.6) is 0 Å². The van der Waals surface area contributed by atoms with Gasteiger partial charge in [0.25, 0.3) is 0 Å².